The van der Waals surface area contributed by atoms with Crippen molar-refractivity contribution in [3.63, 3.8) is 0 Å². The molecule has 1 atom stereocenters. The van der Waals surface area contributed by atoms with Gasteiger partial charge >= 0.3 is 5.97 Å². The molecule has 0 bridgehead atoms. The molecule has 28 heavy (non-hydrogen) atoms. The summed E-state index contributed by atoms with van der Waals surface area (Å²) in [6.45, 7) is 4.94. The maximum Gasteiger partial charge on any atom is 0.309 e. The molecule has 1 heterocycles. The van der Waals surface area contributed by atoms with Crippen molar-refractivity contribution < 1.29 is 31.5 Å². The molecule has 4 rings (SSSR count). The van der Waals surface area contributed by atoms with Gasteiger partial charge in [-0.05, 0) is 35.7 Å². The fraction of sp³-hybridized carbons (Fsp3) is 0.250. The molecule has 1 aliphatic heterocycles. The van der Waals surface area contributed by atoms with E-state index in [9.17, 15) is 9.90 Å². The Morgan fingerprint density at radius 1 is 1.00 bits per heavy atom. The summed E-state index contributed by atoms with van der Waals surface area (Å²) in [6.07, 6.45) is 1.02. The average molecular weight is 438 g/mol. The van der Waals surface area contributed by atoms with Crippen LogP contribution in [-0.4, -0.2) is 27.9 Å². The molecule has 0 fully saturated rings. The second-order valence-electron chi connectivity index (χ2n) is 7.56. The van der Waals surface area contributed by atoms with Crippen LogP contribution in [0.5, 0.6) is 0 Å². The molecule has 3 aromatic rings. The number of fused-ring (bicyclic) bond motifs is 3. The Balaban J connectivity index is 0.00000225. The molecule has 0 aliphatic carbocycles. The number of rotatable bonds is 5. The first kappa shape index (κ1) is 20.3. The fourth-order valence-corrected chi connectivity index (χ4v) is 4.44. The summed E-state index contributed by atoms with van der Waals surface area (Å²) in [7, 11) is 0. The van der Waals surface area contributed by atoms with Gasteiger partial charge in [-0.1, -0.05) is 54.6 Å². The quantitative estimate of drug-likeness (QED) is 0.619. The molecule has 0 radical (unpaired) electrons. The summed E-state index contributed by atoms with van der Waals surface area (Å²) >= 11 is 0. The maximum atomic E-state index is 11.2. The van der Waals surface area contributed by atoms with Crippen LogP contribution >= 0.6 is 0 Å². The Kier molecular flexibility index (Phi) is 5.71. The van der Waals surface area contributed by atoms with Crippen LogP contribution in [0.25, 0.3) is 10.8 Å². The van der Waals surface area contributed by atoms with Crippen molar-refractivity contribution >= 4 is 28.1 Å². The zero-order chi connectivity index (χ0) is 19.0. The van der Waals surface area contributed by atoms with Gasteiger partial charge in [0, 0.05) is 18.6 Å². The molecule has 0 saturated heterocycles. The Hall–Kier alpha value is -2.46. The van der Waals surface area contributed by atoms with Crippen LogP contribution < -0.4 is 17.0 Å². The van der Waals surface area contributed by atoms with Crippen molar-refractivity contribution in [2.24, 2.45) is 0 Å². The first-order chi connectivity index (χ1) is 13.0. The molecule has 1 unspecified atom stereocenters. The topological polar surface area (TPSA) is 40.3 Å². The number of halogens is 1. The van der Waals surface area contributed by atoms with Gasteiger partial charge in [0.25, 0.3) is 0 Å². The number of benzene rings is 3. The zero-order valence-electron chi connectivity index (χ0n) is 16.2. The Morgan fingerprint density at radius 2 is 1.68 bits per heavy atom. The normalized spacial score (nSPS) is 18.1. The number of aliphatic carboxylic acids is 1. The van der Waals surface area contributed by atoms with Gasteiger partial charge in [-0.3, -0.25) is 4.79 Å². The molecule has 144 valence electrons. The molecule has 0 spiro atoms. The van der Waals surface area contributed by atoms with Crippen molar-refractivity contribution in [3.05, 3.63) is 77.9 Å². The largest absolute Gasteiger partial charge is 1.00 e. The third-order valence-electron chi connectivity index (χ3n) is 5.90. The SMILES string of the molecule is CC1=[N+](CCC(=O)O)c2ccc3ccccc3c2C1(C)Cc1ccccc1.[Br-]. The molecule has 1 aliphatic rings. The first-order valence-electron chi connectivity index (χ1n) is 9.40. The van der Waals surface area contributed by atoms with E-state index in [2.05, 4.69) is 79.1 Å². The highest BCUT2D eigenvalue weighted by atomic mass is 79.9. The van der Waals surface area contributed by atoms with Crippen molar-refractivity contribution in [2.75, 3.05) is 6.54 Å². The molecule has 3 nitrogen and oxygen atoms in total. The van der Waals surface area contributed by atoms with E-state index in [1.807, 2.05) is 6.07 Å². The molecular weight excluding hydrogens is 414 g/mol. The minimum Gasteiger partial charge on any atom is -1.00 e. The predicted molar refractivity (Wildman–Crippen MR) is 109 cm³/mol. The monoisotopic (exact) mass is 437 g/mol. The van der Waals surface area contributed by atoms with Gasteiger partial charge in [-0.2, -0.15) is 4.58 Å². The summed E-state index contributed by atoms with van der Waals surface area (Å²) in [6, 6.07) is 23.3. The van der Waals surface area contributed by atoms with E-state index < -0.39 is 5.97 Å². The van der Waals surface area contributed by atoms with Crippen molar-refractivity contribution in [1.82, 2.24) is 0 Å². The lowest BCUT2D eigenvalue weighted by atomic mass is 9.73. The highest BCUT2D eigenvalue weighted by Gasteiger charge is 2.47. The standard InChI is InChI=1S/C24H23NO2.BrH/c1-17-24(2,16-18-8-4-3-5-9-18)23-20-11-7-6-10-19(20)12-13-21(23)25(17)15-14-22(26)27;/h3-13H,14-16H2,1-2H3;1H. The minimum atomic E-state index is -0.762. The summed E-state index contributed by atoms with van der Waals surface area (Å²) in [5.74, 6) is -0.762. The van der Waals surface area contributed by atoms with Crippen LogP contribution in [0.1, 0.15) is 31.4 Å². The van der Waals surface area contributed by atoms with Gasteiger partial charge in [-0.25, -0.2) is 0 Å². The van der Waals surface area contributed by atoms with Gasteiger partial charge in [0.1, 0.15) is 6.42 Å². The number of carbonyl (C=O) groups is 1. The molecule has 1 N–H and O–H groups in total. The van der Waals surface area contributed by atoms with Crippen LogP contribution in [0, 0.1) is 0 Å². The van der Waals surface area contributed by atoms with Crippen molar-refractivity contribution in [2.45, 2.75) is 32.1 Å². The third-order valence-corrected chi connectivity index (χ3v) is 5.90. The lowest BCUT2D eigenvalue weighted by molar-refractivity contribution is -0.438. The maximum absolute atomic E-state index is 11.2. The van der Waals surface area contributed by atoms with Crippen LogP contribution in [0.4, 0.5) is 5.69 Å². The second kappa shape index (κ2) is 7.88. The second-order valence-corrected chi connectivity index (χ2v) is 7.56. The fourth-order valence-electron chi connectivity index (χ4n) is 4.44. The first-order valence-corrected chi connectivity index (χ1v) is 9.40. The lowest BCUT2D eigenvalue weighted by Crippen LogP contribution is -3.00. The van der Waals surface area contributed by atoms with Crippen molar-refractivity contribution in [1.29, 1.82) is 0 Å². The van der Waals surface area contributed by atoms with Crippen LogP contribution in [0.15, 0.2) is 66.7 Å². The summed E-state index contributed by atoms with van der Waals surface area (Å²) in [5.41, 5.74) is 4.80. The third kappa shape index (κ3) is 3.37. The Morgan fingerprint density at radius 3 is 2.39 bits per heavy atom. The van der Waals surface area contributed by atoms with E-state index in [-0.39, 0.29) is 28.8 Å². The van der Waals surface area contributed by atoms with E-state index in [1.165, 1.54) is 27.6 Å². The zero-order valence-corrected chi connectivity index (χ0v) is 17.7. The summed E-state index contributed by atoms with van der Waals surface area (Å²) in [5, 5.41) is 11.7. The smallest absolute Gasteiger partial charge is 0.309 e. The molecule has 0 amide bonds. The number of carboxylic acid groups (broad SMARTS) is 1. The van der Waals surface area contributed by atoms with E-state index in [0.717, 1.165) is 12.1 Å². The summed E-state index contributed by atoms with van der Waals surface area (Å²) < 4.78 is 2.21. The van der Waals surface area contributed by atoms with Gasteiger partial charge in [0.05, 0.1) is 5.41 Å². The summed E-state index contributed by atoms with van der Waals surface area (Å²) in [4.78, 5) is 11.2. The van der Waals surface area contributed by atoms with Gasteiger partial charge < -0.3 is 22.1 Å². The molecule has 0 aromatic heterocycles. The molecule has 3 aromatic carbocycles. The molecular formula is C24H24BrNO2. The van der Waals surface area contributed by atoms with Gasteiger partial charge in [-0.15, -0.1) is 0 Å². The van der Waals surface area contributed by atoms with Crippen LogP contribution in [-0.2, 0) is 16.6 Å². The van der Waals surface area contributed by atoms with Crippen molar-refractivity contribution in [3.8, 4) is 0 Å². The number of carboxylic acids is 1. The highest BCUT2D eigenvalue weighted by molar-refractivity contribution is 6.02. The van der Waals surface area contributed by atoms with Gasteiger partial charge in [0.2, 0.25) is 5.69 Å². The van der Waals surface area contributed by atoms with Crippen LogP contribution in [0.2, 0.25) is 0 Å². The predicted octanol–water partition coefficient (Wildman–Crippen LogP) is 1.94. The highest BCUT2D eigenvalue weighted by Crippen LogP contribution is 2.45. The van der Waals surface area contributed by atoms with E-state index in [1.54, 1.807) is 0 Å². The molecule has 0 saturated carbocycles. The molecule has 4 heteroatoms. The van der Waals surface area contributed by atoms with Gasteiger partial charge in [0.15, 0.2) is 12.3 Å². The van der Waals surface area contributed by atoms with E-state index in [4.69, 9.17) is 0 Å². The van der Waals surface area contributed by atoms with E-state index in [0.29, 0.717) is 6.54 Å². The Labute approximate surface area is 176 Å². The van der Waals surface area contributed by atoms with Crippen LogP contribution in [0.3, 0.4) is 0 Å². The number of nitrogens with zero attached hydrogens (tertiary/aromatic N) is 1. The van der Waals surface area contributed by atoms with E-state index >= 15 is 0 Å². The average Bonchev–Trinajstić information content (AvgIpc) is 2.88. The number of hydrogen-bond donors (Lipinski definition) is 1. The Bertz CT molecular complexity index is 1060. The number of hydrogen-bond acceptors (Lipinski definition) is 1. The lowest BCUT2D eigenvalue weighted by Gasteiger charge is -2.24. The minimum absolute atomic E-state index is 0.